The number of carbonyl (C=O) groups is 2. The number of aliphatic carboxylic acids is 1. The molecule has 1 amide bonds. The van der Waals surface area contributed by atoms with Crippen LogP contribution in [0, 0.1) is 20.8 Å². The van der Waals surface area contributed by atoms with E-state index in [9.17, 15) is 9.59 Å². The van der Waals surface area contributed by atoms with Crippen molar-refractivity contribution in [3.05, 3.63) is 45.7 Å². The average Bonchev–Trinajstić information content (AvgIpc) is 2.92. The van der Waals surface area contributed by atoms with Crippen LogP contribution in [0.4, 0.5) is 0 Å². The molecular formula is C19H22ClN3O4. The van der Waals surface area contributed by atoms with E-state index in [1.807, 2.05) is 39.0 Å². The maximum absolute atomic E-state index is 12.7. The van der Waals surface area contributed by atoms with E-state index in [0.29, 0.717) is 11.6 Å². The number of hydrogen-bond acceptors (Lipinski definition) is 4. The van der Waals surface area contributed by atoms with Gasteiger partial charge < -0.3 is 14.7 Å². The lowest BCUT2D eigenvalue weighted by atomic mass is 10.1. The summed E-state index contributed by atoms with van der Waals surface area (Å²) in [6, 6.07) is 5.71. The summed E-state index contributed by atoms with van der Waals surface area (Å²) in [5.41, 5.74) is 4.29. The molecule has 1 saturated heterocycles. The highest BCUT2D eigenvalue weighted by atomic mass is 35.5. The topological polar surface area (TPSA) is 84.7 Å². The number of aryl methyl sites for hydroxylation is 2. The Labute approximate surface area is 162 Å². The zero-order valence-electron chi connectivity index (χ0n) is 15.5. The van der Waals surface area contributed by atoms with Gasteiger partial charge in [-0.25, -0.2) is 9.48 Å². The second-order valence-electron chi connectivity index (χ2n) is 6.71. The summed E-state index contributed by atoms with van der Waals surface area (Å²) in [6.07, 6.45) is -0.800. The van der Waals surface area contributed by atoms with E-state index in [1.165, 1.54) is 0 Å². The summed E-state index contributed by atoms with van der Waals surface area (Å²) in [5.74, 6) is -1.18. The minimum absolute atomic E-state index is 0.0635. The Morgan fingerprint density at radius 1 is 1.33 bits per heavy atom. The molecule has 0 unspecified atom stereocenters. The van der Waals surface area contributed by atoms with Crippen molar-refractivity contribution in [1.82, 2.24) is 14.7 Å². The van der Waals surface area contributed by atoms with Crippen molar-refractivity contribution < 1.29 is 19.4 Å². The Morgan fingerprint density at radius 3 is 2.74 bits per heavy atom. The van der Waals surface area contributed by atoms with Gasteiger partial charge in [-0.2, -0.15) is 5.10 Å². The van der Waals surface area contributed by atoms with E-state index in [0.717, 1.165) is 28.2 Å². The lowest BCUT2D eigenvalue weighted by Crippen LogP contribution is -2.49. The molecule has 1 N–H and O–H groups in total. The Kier molecular flexibility index (Phi) is 5.53. The van der Waals surface area contributed by atoms with Crippen molar-refractivity contribution in [2.75, 3.05) is 19.7 Å². The molecule has 1 aliphatic rings. The van der Waals surface area contributed by atoms with Crippen LogP contribution in [-0.4, -0.2) is 57.5 Å². The number of nitrogens with zero attached hydrogens (tertiary/aromatic N) is 3. The summed E-state index contributed by atoms with van der Waals surface area (Å²) in [5, 5.41) is 14.3. The van der Waals surface area contributed by atoms with E-state index in [2.05, 4.69) is 5.10 Å². The van der Waals surface area contributed by atoms with Crippen LogP contribution in [0.5, 0.6) is 0 Å². The molecule has 1 aliphatic heterocycles. The second-order valence-corrected chi connectivity index (χ2v) is 7.12. The number of aromatic nitrogens is 2. The van der Waals surface area contributed by atoms with Crippen LogP contribution in [0.3, 0.4) is 0 Å². The molecule has 8 heteroatoms. The SMILES string of the molecule is Cc1ccc(-n2nc(C)c(CC(=O)N3CCO[C@H](C(=O)O)C3)c2C)cc1Cl. The molecule has 7 nitrogen and oxygen atoms in total. The van der Waals surface area contributed by atoms with E-state index < -0.39 is 12.1 Å². The fourth-order valence-electron chi connectivity index (χ4n) is 3.18. The molecule has 0 saturated carbocycles. The van der Waals surface area contributed by atoms with Crippen LogP contribution < -0.4 is 0 Å². The molecule has 2 aromatic rings. The number of morpholine rings is 1. The number of carboxylic acids is 1. The van der Waals surface area contributed by atoms with Crippen LogP contribution in [0.25, 0.3) is 5.69 Å². The van der Waals surface area contributed by atoms with Crippen molar-refractivity contribution in [3.8, 4) is 5.69 Å². The van der Waals surface area contributed by atoms with Crippen LogP contribution in [0.15, 0.2) is 18.2 Å². The van der Waals surface area contributed by atoms with Crippen molar-refractivity contribution in [1.29, 1.82) is 0 Å². The number of carboxylic acid groups (broad SMARTS) is 1. The number of hydrogen-bond donors (Lipinski definition) is 1. The van der Waals surface area contributed by atoms with Crippen LogP contribution in [0.2, 0.25) is 5.02 Å². The summed E-state index contributed by atoms with van der Waals surface area (Å²) in [4.78, 5) is 25.4. The lowest BCUT2D eigenvalue weighted by molar-refractivity contribution is -0.159. The quantitative estimate of drug-likeness (QED) is 0.864. The molecule has 2 heterocycles. The monoisotopic (exact) mass is 391 g/mol. The minimum Gasteiger partial charge on any atom is -0.479 e. The lowest BCUT2D eigenvalue weighted by Gasteiger charge is -2.31. The predicted molar refractivity (Wildman–Crippen MR) is 100 cm³/mol. The number of carbonyl (C=O) groups excluding carboxylic acids is 1. The molecule has 0 aliphatic carbocycles. The molecule has 0 spiro atoms. The molecule has 1 aromatic carbocycles. The minimum atomic E-state index is -1.05. The highest BCUT2D eigenvalue weighted by molar-refractivity contribution is 6.31. The summed E-state index contributed by atoms with van der Waals surface area (Å²) in [6.45, 7) is 6.39. The predicted octanol–water partition coefficient (Wildman–Crippen LogP) is 2.31. The number of amides is 1. The first kappa shape index (κ1) is 19.4. The molecule has 1 aromatic heterocycles. The molecule has 0 radical (unpaired) electrons. The van der Waals surface area contributed by atoms with Crippen LogP contribution in [-0.2, 0) is 20.7 Å². The first-order valence-electron chi connectivity index (χ1n) is 8.71. The Hall–Kier alpha value is -2.38. The number of benzene rings is 1. The summed E-state index contributed by atoms with van der Waals surface area (Å²) < 4.78 is 6.96. The zero-order chi connectivity index (χ0) is 19.7. The highest BCUT2D eigenvalue weighted by Gasteiger charge is 2.29. The van der Waals surface area contributed by atoms with E-state index in [1.54, 1.807) is 9.58 Å². The molecular weight excluding hydrogens is 370 g/mol. The summed E-state index contributed by atoms with van der Waals surface area (Å²) in [7, 11) is 0. The first-order chi connectivity index (χ1) is 12.8. The van der Waals surface area contributed by atoms with Gasteiger partial charge in [-0.1, -0.05) is 17.7 Å². The molecule has 1 atom stereocenters. The summed E-state index contributed by atoms with van der Waals surface area (Å²) >= 11 is 6.23. The van der Waals surface area contributed by atoms with Gasteiger partial charge in [-0.3, -0.25) is 4.79 Å². The van der Waals surface area contributed by atoms with Gasteiger partial charge in [0.15, 0.2) is 6.10 Å². The first-order valence-corrected chi connectivity index (χ1v) is 9.09. The number of halogens is 1. The Bertz CT molecular complexity index is 893. The van der Waals surface area contributed by atoms with Gasteiger partial charge in [-0.05, 0) is 38.5 Å². The Balaban J connectivity index is 1.81. The van der Waals surface area contributed by atoms with Gasteiger partial charge in [0.25, 0.3) is 0 Å². The maximum Gasteiger partial charge on any atom is 0.334 e. The Morgan fingerprint density at radius 2 is 2.07 bits per heavy atom. The van der Waals surface area contributed by atoms with Crippen molar-refractivity contribution in [2.24, 2.45) is 0 Å². The fourth-order valence-corrected chi connectivity index (χ4v) is 3.36. The largest absolute Gasteiger partial charge is 0.479 e. The van der Waals surface area contributed by atoms with Gasteiger partial charge in [-0.15, -0.1) is 0 Å². The van der Waals surface area contributed by atoms with Gasteiger partial charge >= 0.3 is 5.97 Å². The number of ether oxygens (including phenoxy) is 1. The molecule has 0 bridgehead atoms. The van der Waals surface area contributed by atoms with Gasteiger partial charge in [0.1, 0.15) is 0 Å². The van der Waals surface area contributed by atoms with Gasteiger partial charge in [0, 0.05) is 22.8 Å². The van der Waals surface area contributed by atoms with Crippen molar-refractivity contribution >= 4 is 23.5 Å². The molecule has 1 fully saturated rings. The maximum atomic E-state index is 12.7. The van der Waals surface area contributed by atoms with Crippen LogP contribution in [0.1, 0.15) is 22.5 Å². The average molecular weight is 392 g/mol. The molecule has 144 valence electrons. The standard InChI is InChI=1S/C19H22ClN3O4/c1-11-4-5-14(8-16(11)20)23-13(3)15(12(2)21-23)9-18(24)22-6-7-27-17(10-22)19(25)26/h4-5,8,17H,6-7,9-10H2,1-3H3,(H,25,26)/t17-/m0/s1. The highest BCUT2D eigenvalue weighted by Crippen LogP contribution is 2.23. The van der Waals surface area contributed by atoms with E-state index in [4.69, 9.17) is 21.4 Å². The molecule has 3 rings (SSSR count). The third-order valence-corrected chi connectivity index (χ3v) is 5.27. The third-order valence-electron chi connectivity index (χ3n) is 4.86. The van der Waals surface area contributed by atoms with E-state index in [-0.39, 0.29) is 25.5 Å². The van der Waals surface area contributed by atoms with Crippen molar-refractivity contribution in [2.45, 2.75) is 33.3 Å². The number of rotatable bonds is 4. The van der Waals surface area contributed by atoms with Crippen molar-refractivity contribution in [3.63, 3.8) is 0 Å². The van der Waals surface area contributed by atoms with Crippen LogP contribution >= 0.6 is 11.6 Å². The van der Waals surface area contributed by atoms with Gasteiger partial charge in [0.2, 0.25) is 5.91 Å². The smallest absolute Gasteiger partial charge is 0.334 e. The third kappa shape index (κ3) is 3.99. The second kappa shape index (κ2) is 7.70. The normalized spacial score (nSPS) is 17.2. The van der Waals surface area contributed by atoms with E-state index >= 15 is 0 Å². The zero-order valence-corrected chi connectivity index (χ0v) is 16.3. The van der Waals surface area contributed by atoms with Gasteiger partial charge in [0.05, 0.1) is 31.0 Å². The fraction of sp³-hybridized carbons (Fsp3) is 0.421. The molecule has 27 heavy (non-hydrogen) atoms.